The molecule has 7 heteroatoms. The Bertz CT molecular complexity index is 1030. The monoisotopic (exact) mass is 424 g/mol. The minimum Gasteiger partial charge on any atom is -0.467 e. The number of carbonyl (C=O) groups excluding carboxylic acids is 2. The van der Waals surface area contributed by atoms with Gasteiger partial charge in [0.15, 0.2) is 0 Å². The summed E-state index contributed by atoms with van der Waals surface area (Å²) in [6.07, 6.45) is 3.01. The second kappa shape index (κ2) is 10.3. The normalized spacial score (nSPS) is 10.5. The van der Waals surface area contributed by atoms with Gasteiger partial charge in [0.2, 0.25) is 5.91 Å². The van der Waals surface area contributed by atoms with Crippen LogP contribution in [-0.4, -0.2) is 34.7 Å². The lowest BCUT2D eigenvalue weighted by Gasteiger charge is -2.27. The van der Waals surface area contributed by atoms with Crippen molar-refractivity contribution in [2.24, 2.45) is 0 Å². The van der Waals surface area contributed by atoms with Crippen LogP contribution in [0.15, 0.2) is 84.0 Å². The van der Waals surface area contributed by atoms with Crippen LogP contribution in [-0.2, 0) is 17.9 Å². The summed E-state index contributed by atoms with van der Waals surface area (Å²) in [7, 11) is 0. The lowest BCUT2D eigenvalue weighted by molar-refractivity contribution is -0.133. The van der Waals surface area contributed by atoms with E-state index in [0.29, 0.717) is 5.76 Å². The van der Waals surface area contributed by atoms with Crippen LogP contribution in [0.4, 0.5) is 8.78 Å². The highest BCUT2D eigenvalue weighted by Crippen LogP contribution is 2.14. The van der Waals surface area contributed by atoms with Crippen molar-refractivity contribution in [3.05, 3.63) is 108 Å². The van der Waals surface area contributed by atoms with Gasteiger partial charge in [-0.2, -0.15) is 0 Å². The number of carbonyl (C=O) groups is 2. The molecule has 2 amide bonds. The Morgan fingerprint density at radius 2 is 1.71 bits per heavy atom. The number of rotatable bonds is 9. The predicted molar refractivity (Wildman–Crippen MR) is 112 cm³/mol. The van der Waals surface area contributed by atoms with Crippen molar-refractivity contribution in [1.29, 1.82) is 0 Å². The van der Waals surface area contributed by atoms with Gasteiger partial charge in [0.1, 0.15) is 23.9 Å². The molecule has 0 aliphatic heterocycles. The zero-order valence-corrected chi connectivity index (χ0v) is 16.8. The molecule has 31 heavy (non-hydrogen) atoms. The molecule has 0 aliphatic carbocycles. The van der Waals surface area contributed by atoms with Crippen LogP contribution in [0, 0.1) is 11.6 Å². The van der Waals surface area contributed by atoms with Gasteiger partial charge in [0.05, 0.1) is 12.8 Å². The summed E-state index contributed by atoms with van der Waals surface area (Å²) in [6, 6.07) is 14.6. The topological polar surface area (TPSA) is 53.8 Å². The summed E-state index contributed by atoms with van der Waals surface area (Å²) >= 11 is 0. The van der Waals surface area contributed by atoms with Crippen molar-refractivity contribution in [2.45, 2.75) is 13.1 Å². The molecule has 5 nitrogen and oxygen atoms in total. The molecule has 0 aliphatic rings. The molecule has 3 rings (SSSR count). The van der Waals surface area contributed by atoms with E-state index in [1.54, 1.807) is 24.3 Å². The average molecular weight is 424 g/mol. The molecule has 0 atom stereocenters. The molecular formula is C24H22F2N2O3. The maximum Gasteiger partial charge on any atom is 0.254 e. The zero-order valence-electron chi connectivity index (χ0n) is 16.8. The molecule has 160 valence electrons. The fraction of sp³-hybridized carbons (Fsp3) is 0.167. The molecule has 3 aromatic rings. The van der Waals surface area contributed by atoms with Gasteiger partial charge < -0.3 is 14.2 Å². The van der Waals surface area contributed by atoms with Crippen LogP contribution >= 0.6 is 0 Å². The van der Waals surface area contributed by atoms with Crippen molar-refractivity contribution in [3.63, 3.8) is 0 Å². The molecular weight excluding hydrogens is 402 g/mol. The zero-order chi connectivity index (χ0) is 22.2. The highest BCUT2D eigenvalue weighted by atomic mass is 19.1. The van der Waals surface area contributed by atoms with E-state index in [-0.39, 0.29) is 43.5 Å². The van der Waals surface area contributed by atoms with Crippen molar-refractivity contribution in [1.82, 2.24) is 9.80 Å². The first-order chi connectivity index (χ1) is 15.0. The molecule has 0 fully saturated rings. The first kappa shape index (κ1) is 22.0. The molecule has 1 heterocycles. The molecule has 0 radical (unpaired) electrons. The number of amides is 2. The summed E-state index contributed by atoms with van der Waals surface area (Å²) in [5, 5.41) is 0. The minimum absolute atomic E-state index is 0.117. The van der Waals surface area contributed by atoms with Crippen molar-refractivity contribution in [2.75, 3.05) is 13.1 Å². The van der Waals surface area contributed by atoms with E-state index >= 15 is 0 Å². The van der Waals surface area contributed by atoms with Crippen LogP contribution in [0.25, 0.3) is 0 Å². The fourth-order valence-electron chi connectivity index (χ4n) is 3.08. The van der Waals surface area contributed by atoms with Gasteiger partial charge in [-0.3, -0.25) is 9.59 Å². The lowest BCUT2D eigenvalue weighted by atomic mass is 10.1. The molecule has 1 aromatic heterocycles. The lowest BCUT2D eigenvalue weighted by Crippen LogP contribution is -2.42. The second-order valence-corrected chi connectivity index (χ2v) is 6.94. The van der Waals surface area contributed by atoms with Crippen LogP contribution in [0.2, 0.25) is 0 Å². The maximum absolute atomic E-state index is 13.5. The van der Waals surface area contributed by atoms with Gasteiger partial charge in [-0.05, 0) is 48.0 Å². The number of hydrogen-bond donors (Lipinski definition) is 0. The number of hydrogen-bond acceptors (Lipinski definition) is 3. The third-order valence-corrected chi connectivity index (χ3v) is 4.60. The Morgan fingerprint density at radius 1 is 0.935 bits per heavy atom. The van der Waals surface area contributed by atoms with E-state index in [0.717, 1.165) is 11.6 Å². The Hall–Kier alpha value is -3.74. The number of nitrogens with zero attached hydrogens (tertiary/aromatic N) is 2. The summed E-state index contributed by atoms with van der Waals surface area (Å²) in [4.78, 5) is 28.8. The molecule has 0 bridgehead atoms. The van der Waals surface area contributed by atoms with E-state index in [2.05, 4.69) is 6.58 Å². The second-order valence-electron chi connectivity index (χ2n) is 6.94. The first-order valence-electron chi connectivity index (χ1n) is 9.66. The van der Waals surface area contributed by atoms with Crippen molar-refractivity contribution in [3.8, 4) is 0 Å². The largest absolute Gasteiger partial charge is 0.467 e. The van der Waals surface area contributed by atoms with Gasteiger partial charge in [0, 0.05) is 18.7 Å². The Balaban J connectivity index is 1.79. The summed E-state index contributed by atoms with van der Waals surface area (Å²) in [6.45, 7) is 3.91. The highest BCUT2D eigenvalue weighted by Gasteiger charge is 2.23. The number of benzene rings is 2. The van der Waals surface area contributed by atoms with Gasteiger partial charge in [-0.15, -0.1) is 6.58 Å². The molecule has 2 aromatic carbocycles. The molecule has 0 saturated heterocycles. The van der Waals surface area contributed by atoms with Crippen molar-refractivity contribution < 1.29 is 22.8 Å². The molecule has 0 spiro atoms. The third-order valence-electron chi connectivity index (χ3n) is 4.60. The first-order valence-corrected chi connectivity index (χ1v) is 9.66. The quantitative estimate of drug-likeness (QED) is 0.478. The summed E-state index contributed by atoms with van der Waals surface area (Å²) in [5.74, 6) is -1.15. The van der Waals surface area contributed by atoms with Crippen LogP contribution in [0.5, 0.6) is 0 Å². The fourth-order valence-corrected chi connectivity index (χ4v) is 3.08. The van der Waals surface area contributed by atoms with Gasteiger partial charge in [-0.25, -0.2) is 8.78 Å². The smallest absolute Gasteiger partial charge is 0.254 e. The van der Waals surface area contributed by atoms with Crippen molar-refractivity contribution >= 4 is 11.8 Å². The van der Waals surface area contributed by atoms with Gasteiger partial charge in [0.25, 0.3) is 5.91 Å². The Labute approximate surface area is 179 Å². The van der Waals surface area contributed by atoms with Gasteiger partial charge in [-0.1, -0.05) is 24.3 Å². The molecule has 0 N–H and O–H groups in total. The van der Waals surface area contributed by atoms with E-state index in [9.17, 15) is 18.4 Å². The van der Waals surface area contributed by atoms with Crippen LogP contribution in [0.3, 0.4) is 0 Å². The number of halogens is 2. The third kappa shape index (κ3) is 6.12. The van der Waals surface area contributed by atoms with Crippen LogP contribution < -0.4 is 0 Å². The predicted octanol–water partition coefficient (Wildman–Crippen LogP) is 4.42. The van der Waals surface area contributed by atoms with E-state index in [4.69, 9.17) is 4.42 Å². The SMILES string of the molecule is C=CCN(CC(=O)N(Cc1ccc(F)cc1)Cc1ccco1)C(=O)c1cccc(F)c1. The number of furan rings is 1. The van der Waals surface area contributed by atoms with Gasteiger partial charge >= 0.3 is 0 Å². The average Bonchev–Trinajstić information content (AvgIpc) is 3.27. The summed E-state index contributed by atoms with van der Waals surface area (Å²) < 4.78 is 32.2. The van der Waals surface area contributed by atoms with E-state index in [1.807, 2.05) is 0 Å². The maximum atomic E-state index is 13.5. The van der Waals surface area contributed by atoms with Crippen LogP contribution in [0.1, 0.15) is 21.7 Å². The van der Waals surface area contributed by atoms with E-state index in [1.165, 1.54) is 52.5 Å². The minimum atomic E-state index is -0.536. The Morgan fingerprint density at radius 3 is 2.35 bits per heavy atom. The molecule has 0 unspecified atom stereocenters. The van der Waals surface area contributed by atoms with E-state index < -0.39 is 11.7 Å². The highest BCUT2D eigenvalue weighted by molar-refractivity contribution is 5.96. The molecule has 0 saturated carbocycles. The summed E-state index contributed by atoms with van der Waals surface area (Å²) in [5.41, 5.74) is 0.874. The standard InChI is InChI=1S/C24H22F2N2O3/c1-2-12-27(24(30)19-5-3-6-21(26)14-19)17-23(29)28(16-22-7-4-13-31-22)15-18-8-10-20(25)11-9-18/h2-11,13-14H,1,12,15-17H2. The Kier molecular flexibility index (Phi) is 7.32.